The number of nitrogens with zero attached hydrogens (tertiary/aromatic N) is 2. The van der Waals surface area contributed by atoms with Crippen LogP contribution in [0.15, 0.2) is 52.3 Å². The third kappa shape index (κ3) is 3.67. The minimum Gasteiger partial charge on any atom is -0.368 e. The van der Waals surface area contributed by atoms with E-state index in [0.29, 0.717) is 12.1 Å². The summed E-state index contributed by atoms with van der Waals surface area (Å²) < 4.78 is 0. The Morgan fingerprint density at radius 3 is 2.65 bits per heavy atom. The molecule has 0 bridgehead atoms. The fraction of sp³-hybridized carbons (Fsp3) is 0.278. The minimum absolute atomic E-state index is 0.518. The molecule has 2 aromatic rings. The second kappa shape index (κ2) is 7.51. The molecule has 1 aliphatic rings. The van der Waals surface area contributed by atoms with Crippen LogP contribution in [0.1, 0.15) is 11.1 Å². The first-order chi connectivity index (χ1) is 11.3. The lowest BCUT2D eigenvalue weighted by Gasteiger charge is -2.31. The predicted molar refractivity (Wildman–Crippen MR) is 94.7 cm³/mol. The Morgan fingerprint density at radius 1 is 1.13 bits per heavy atom. The van der Waals surface area contributed by atoms with Crippen molar-refractivity contribution in [1.82, 2.24) is 5.32 Å². The van der Waals surface area contributed by atoms with E-state index in [4.69, 9.17) is 5.73 Å². The Balaban J connectivity index is 1.97. The van der Waals surface area contributed by atoms with Crippen molar-refractivity contribution >= 4 is 17.4 Å². The van der Waals surface area contributed by atoms with Crippen LogP contribution in [0, 0.1) is 11.3 Å². The van der Waals surface area contributed by atoms with Gasteiger partial charge in [0.1, 0.15) is 0 Å². The summed E-state index contributed by atoms with van der Waals surface area (Å²) >= 11 is 1.70. The van der Waals surface area contributed by atoms with E-state index in [1.807, 2.05) is 24.3 Å². The third-order valence-corrected chi connectivity index (χ3v) is 5.12. The Hall–Kier alpha value is -2.00. The molecule has 118 valence electrons. The average molecular weight is 324 g/mol. The van der Waals surface area contributed by atoms with Gasteiger partial charge < -0.3 is 16.0 Å². The molecule has 3 N–H and O–H groups in total. The molecule has 0 atom stereocenters. The molecule has 0 saturated carbocycles. The summed E-state index contributed by atoms with van der Waals surface area (Å²) in [5.41, 5.74) is 8.88. The van der Waals surface area contributed by atoms with Crippen molar-refractivity contribution in [2.75, 3.05) is 31.1 Å². The van der Waals surface area contributed by atoms with Crippen LogP contribution in [-0.4, -0.2) is 26.2 Å². The van der Waals surface area contributed by atoms with Crippen molar-refractivity contribution in [1.29, 1.82) is 5.26 Å². The van der Waals surface area contributed by atoms with E-state index in [2.05, 4.69) is 34.5 Å². The highest BCUT2D eigenvalue weighted by Gasteiger charge is 2.16. The van der Waals surface area contributed by atoms with Crippen LogP contribution >= 0.6 is 11.8 Å². The lowest BCUT2D eigenvalue weighted by atomic mass is 10.2. The number of piperazine rings is 1. The first-order valence-electron chi connectivity index (χ1n) is 7.77. The zero-order valence-corrected chi connectivity index (χ0v) is 13.8. The lowest BCUT2D eigenvalue weighted by Crippen LogP contribution is -2.43. The average Bonchev–Trinajstić information content (AvgIpc) is 2.63. The minimum atomic E-state index is 0.518. The maximum Gasteiger partial charge on any atom is 0.0992 e. The van der Waals surface area contributed by atoms with Crippen molar-refractivity contribution in [3.8, 4) is 6.07 Å². The number of nitrogens with one attached hydrogen (secondary N) is 1. The molecule has 0 amide bonds. The van der Waals surface area contributed by atoms with Gasteiger partial charge in [0.05, 0.1) is 17.3 Å². The van der Waals surface area contributed by atoms with Crippen LogP contribution in [0.25, 0.3) is 0 Å². The standard InChI is InChI=1S/C18H20N4S/c19-12-14-5-6-16(22-9-7-21-8-10-22)18(11-14)23-17-4-2-1-3-15(17)13-20/h1-6,11,21H,7-10,13,20H2. The molecule has 1 aliphatic heterocycles. The molecule has 0 unspecified atom stereocenters. The van der Waals surface area contributed by atoms with Gasteiger partial charge in [-0.1, -0.05) is 30.0 Å². The molecular weight excluding hydrogens is 304 g/mol. The molecular formula is C18H20N4S. The summed E-state index contributed by atoms with van der Waals surface area (Å²) in [7, 11) is 0. The Bertz CT molecular complexity index is 717. The largest absolute Gasteiger partial charge is 0.368 e. The zero-order valence-electron chi connectivity index (χ0n) is 13.0. The maximum atomic E-state index is 9.23. The van der Waals surface area contributed by atoms with Crippen LogP contribution < -0.4 is 16.0 Å². The van der Waals surface area contributed by atoms with Crippen molar-refractivity contribution < 1.29 is 0 Å². The summed E-state index contributed by atoms with van der Waals surface area (Å²) in [6, 6.07) is 16.4. The monoisotopic (exact) mass is 324 g/mol. The molecule has 0 spiro atoms. The number of rotatable bonds is 4. The number of nitriles is 1. The summed E-state index contributed by atoms with van der Waals surface area (Å²) in [6.07, 6.45) is 0. The van der Waals surface area contributed by atoms with Gasteiger partial charge >= 0.3 is 0 Å². The molecule has 0 aliphatic carbocycles. The van der Waals surface area contributed by atoms with E-state index in [-0.39, 0.29) is 0 Å². The smallest absolute Gasteiger partial charge is 0.0992 e. The van der Waals surface area contributed by atoms with E-state index in [1.165, 1.54) is 5.69 Å². The molecule has 1 saturated heterocycles. The molecule has 2 aromatic carbocycles. The van der Waals surface area contributed by atoms with Crippen molar-refractivity contribution in [3.05, 3.63) is 53.6 Å². The topological polar surface area (TPSA) is 65.1 Å². The number of benzene rings is 2. The summed E-state index contributed by atoms with van der Waals surface area (Å²) in [6.45, 7) is 4.47. The van der Waals surface area contributed by atoms with Gasteiger partial charge in [0.25, 0.3) is 0 Å². The first kappa shape index (κ1) is 15.9. The van der Waals surface area contributed by atoms with E-state index in [9.17, 15) is 5.26 Å². The SMILES string of the molecule is N#Cc1ccc(N2CCNCC2)c(Sc2ccccc2CN)c1. The van der Waals surface area contributed by atoms with E-state index in [0.717, 1.165) is 41.5 Å². The Morgan fingerprint density at radius 2 is 1.91 bits per heavy atom. The number of nitrogens with two attached hydrogens (primary N) is 1. The predicted octanol–water partition coefficient (Wildman–Crippen LogP) is 2.58. The van der Waals surface area contributed by atoms with E-state index >= 15 is 0 Å². The first-order valence-corrected chi connectivity index (χ1v) is 8.59. The van der Waals surface area contributed by atoms with Gasteiger partial charge in [0.2, 0.25) is 0 Å². The van der Waals surface area contributed by atoms with Crippen molar-refractivity contribution in [2.45, 2.75) is 16.3 Å². The van der Waals surface area contributed by atoms with Gasteiger partial charge in [-0.15, -0.1) is 0 Å². The van der Waals surface area contributed by atoms with Gasteiger partial charge in [-0.3, -0.25) is 0 Å². The molecule has 0 radical (unpaired) electrons. The fourth-order valence-corrected chi connectivity index (χ4v) is 3.88. The maximum absolute atomic E-state index is 9.23. The quantitative estimate of drug-likeness (QED) is 0.905. The van der Waals surface area contributed by atoms with E-state index in [1.54, 1.807) is 11.8 Å². The number of hydrogen-bond donors (Lipinski definition) is 2. The Labute approximate surface area is 141 Å². The van der Waals surface area contributed by atoms with Crippen LogP contribution in [0.5, 0.6) is 0 Å². The number of hydrogen-bond acceptors (Lipinski definition) is 5. The highest BCUT2D eigenvalue weighted by Crippen LogP contribution is 2.37. The van der Waals surface area contributed by atoms with Gasteiger partial charge in [0, 0.05) is 42.5 Å². The van der Waals surface area contributed by atoms with Crippen LogP contribution in [0.2, 0.25) is 0 Å². The molecule has 1 fully saturated rings. The highest BCUT2D eigenvalue weighted by molar-refractivity contribution is 7.99. The molecule has 0 aromatic heterocycles. The van der Waals surface area contributed by atoms with Crippen LogP contribution in [0.3, 0.4) is 0 Å². The normalized spacial score (nSPS) is 14.5. The van der Waals surface area contributed by atoms with Crippen molar-refractivity contribution in [3.63, 3.8) is 0 Å². The summed E-state index contributed by atoms with van der Waals surface area (Å²) in [5, 5.41) is 12.6. The summed E-state index contributed by atoms with van der Waals surface area (Å²) in [5.74, 6) is 0. The van der Waals surface area contributed by atoms with Gasteiger partial charge in [-0.2, -0.15) is 5.26 Å². The molecule has 23 heavy (non-hydrogen) atoms. The lowest BCUT2D eigenvalue weighted by molar-refractivity contribution is 0.587. The Kier molecular flexibility index (Phi) is 5.19. The number of anilines is 1. The second-order valence-electron chi connectivity index (χ2n) is 5.45. The molecule has 4 nitrogen and oxygen atoms in total. The van der Waals surface area contributed by atoms with Gasteiger partial charge in [-0.05, 0) is 29.8 Å². The highest BCUT2D eigenvalue weighted by atomic mass is 32.2. The van der Waals surface area contributed by atoms with E-state index < -0.39 is 0 Å². The molecule has 5 heteroatoms. The second-order valence-corrected chi connectivity index (χ2v) is 6.53. The molecule has 3 rings (SSSR count). The zero-order chi connectivity index (χ0) is 16.1. The van der Waals surface area contributed by atoms with Gasteiger partial charge in [-0.25, -0.2) is 0 Å². The third-order valence-electron chi connectivity index (χ3n) is 3.96. The molecule has 1 heterocycles. The summed E-state index contributed by atoms with van der Waals surface area (Å²) in [4.78, 5) is 4.65. The van der Waals surface area contributed by atoms with Gasteiger partial charge in [0.15, 0.2) is 0 Å². The van der Waals surface area contributed by atoms with Crippen LogP contribution in [-0.2, 0) is 6.54 Å². The van der Waals surface area contributed by atoms with Crippen molar-refractivity contribution in [2.24, 2.45) is 5.73 Å². The van der Waals surface area contributed by atoms with Crippen LogP contribution in [0.4, 0.5) is 5.69 Å². The fourth-order valence-electron chi connectivity index (χ4n) is 2.72.